The number of methoxy groups -OCH3 is 1. The Morgan fingerprint density at radius 1 is 1.23 bits per heavy atom. The number of aryl methyl sites for hydroxylation is 1. The van der Waals surface area contributed by atoms with Crippen molar-refractivity contribution in [3.05, 3.63) is 41.2 Å². The lowest BCUT2D eigenvalue weighted by atomic mass is 10.2. The van der Waals surface area contributed by atoms with Gasteiger partial charge in [0.2, 0.25) is 5.76 Å². The van der Waals surface area contributed by atoms with Crippen LogP contribution in [0.15, 0.2) is 22.6 Å². The van der Waals surface area contributed by atoms with E-state index in [1.807, 2.05) is 13.0 Å². The zero-order valence-corrected chi connectivity index (χ0v) is 15.9. The van der Waals surface area contributed by atoms with Crippen LogP contribution in [0.2, 0.25) is 0 Å². The fraction of sp³-hybridized carbons (Fsp3) is 0.526. The molecule has 0 aliphatic carbocycles. The Morgan fingerprint density at radius 2 is 1.96 bits per heavy atom. The number of esters is 1. The molecular weight excluding hydrogens is 332 g/mol. The smallest absolute Gasteiger partial charge is 0.373 e. The molecule has 0 spiro atoms. The van der Waals surface area contributed by atoms with Crippen LogP contribution in [0.3, 0.4) is 0 Å². The van der Waals surface area contributed by atoms with Crippen molar-refractivity contribution >= 4 is 11.8 Å². The Kier molecular flexibility index (Phi) is 5.56. The van der Waals surface area contributed by atoms with Crippen molar-refractivity contribution in [3.63, 3.8) is 0 Å². The van der Waals surface area contributed by atoms with Crippen molar-refractivity contribution in [2.24, 2.45) is 0 Å². The highest BCUT2D eigenvalue weighted by atomic mass is 16.5. The first-order valence-electron chi connectivity index (χ1n) is 8.96. The maximum atomic E-state index is 11.5. The summed E-state index contributed by atoms with van der Waals surface area (Å²) in [5.74, 6) is 2.80. The van der Waals surface area contributed by atoms with Gasteiger partial charge in [-0.15, -0.1) is 0 Å². The Balaban J connectivity index is 1.59. The number of anilines is 1. The predicted octanol–water partition coefficient (Wildman–Crippen LogP) is 2.61. The van der Waals surface area contributed by atoms with E-state index in [1.165, 1.54) is 7.11 Å². The minimum absolute atomic E-state index is 0.249. The van der Waals surface area contributed by atoms with Gasteiger partial charge in [0.25, 0.3) is 0 Å². The average Bonchev–Trinajstić information content (AvgIpc) is 3.09. The average molecular weight is 358 g/mol. The third kappa shape index (κ3) is 4.22. The molecule has 0 radical (unpaired) electrons. The number of hydrogen-bond donors (Lipinski definition) is 0. The first kappa shape index (κ1) is 18.4. The number of carbonyl (C=O) groups excluding carboxylic acids is 1. The fourth-order valence-corrected chi connectivity index (χ4v) is 3.02. The standard InChI is InChI=1S/C19H26N4O3/c1-13(2)18-20-14(3)11-17(21-18)23-9-7-22(8-10-23)12-15-5-6-16(26-15)19(24)25-4/h5-6,11,13H,7-10,12H2,1-4H3. The third-order valence-corrected chi connectivity index (χ3v) is 4.50. The topological polar surface area (TPSA) is 71.7 Å². The summed E-state index contributed by atoms with van der Waals surface area (Å²) in [6.07, 6.45) is 0. The van der Waals surface area contributed by atoms with Crippen LogP contribution < -0.4 is 4.90 Å². The SMILES string of the molecule is COC(=O)c1ccc(CN2CCN(c3cc(C)nc(C(C)C)n3)CC2)o1. The molecule has 1 fully saturated rings. The van der Waals surface area contributed by atoms with E-state index in [-0.39, 0.29) is 5.76 Å². The summed E-state index contributed by atoms with van der Waals surface area (Å²) in [5, 5.41) is 0. The summed E-state index contributed by atoms with van der Waals surface area (Å²) < 4.78 is 10.2. The first-order chi connectivity index (χ1) is 12.5. The maximum Gasteiger partial charge on any atom is 0.373 e. The zero-order chi connectivity index (χ0) is 18.7. The molecule has 1 aliphatic rings. The van der Waals surface area contributed by atoms with Crippen LogP contribution >= 0.6 is 0 Å². The van der Waals surface area contributed by atoms with E-state index >= 15 is 0 Å². The summed E-state index contributed by atoms with van der Waals surface area (Å²) in [4.78, 5) is 25.3. The van der Waals surface area contributed by atoms with E-state index in [2.05, 4.69) is 39.4 Å². The molecule has 0 atom stereocenters. The molecule has 3 rings (SSSR count). The van der Waals surface area contributed by atoms with E-state index in [4.69, 9.17) is 9.40 Å². The van der Waals surface area contributed by atoms with Crippen LogP contribution in [-0.2, 0) is 11.3 Å². The normalized spacial score (nSPS) is 15.5. The third-order valence-electron chi connectivity index (χ3n) is 4.50. The molecule has 0 amide bonds. The minimum atomic E-state index is -0.443. The predicted molar refractivity (Wildman–Crippen MR) is 98.4 cm³/mol. The quantitative estimate of drug-likeness (QED) is 0.761. The highest BCUT2D eigenvalue weighted by molar-refractivity contribution is 5.86. The molecule has 0 saturated carbocycles. The summed E-state index contributed by atoms with van der Waals surface area (Å²) in [7, 11) is 1.35. The van der Waals surface area contributed by atoms with Crippen LogP contribution in [-0.4, -0.2) is 54.1 Å². The number of piperazine rings is 1. The number of nitrogens with zero attached hydrogens (tertiary/aromatic N) is 4. The number of furan rings is 1. The van der Waals surface area contributed by atoms with Crippen molar-refractivity contribution in [2.45, 2.75) is 33.2 Å². The highest BCUT2D eigenvalue weighted by Crippen LogP contribution is 2.20. The number of hydrogen-bond acceptors (Lipinski definition) is 7. The van der Waals surface area contributed by atoms with Gasteiger partial charge >= 0.3 is 5.97 Å². The molecule has 1 aliphatic heterocycles. The van der Waals surface area contributed by atoms with Crippen molar-refractivity contribution in [2.75, 3.05) is 38.2 Å². The Bertz CT molecular complexity index is 764. The van der Waals surface area contributed by atoms with Gasteiger partial charge in [-0.3, -0.25) is 4.90 Å². The van der Waals surface area contributed by atoms with Crippen molar-refractivity contribution < 1.29 is 13.9 Å². The summed E-state index contributed by atoms with van der Waals surface area (Å²) in [6, 6.07) is 5.55. The molecule has 3 heterocycles. The molecule has 1 saturated heterocycles. The summed E-state index contributed by atoms with van der Waals surface area (Å²) in [5.41, 5.74) is 1.01. The van der Waals surface area contributed by atoms with E-state index in [0.717, 1.165) is 49.3 Å². The molecule has 140 valence electrons. The second-order valence-corrected chi connectivity index (χ2v) is 6.90. The van der Waals surface area contributed by atoms with Crippen molar-refractivity contribution in [3.8, 4) is 0 Å². The van der Waals surface area contributed by atoms with Gasteiger partial charge in [0.1, 0.15) is 17.4 Å². The summed E-state index contributed by atoms with van der Waals surface area (Å²) >= 11 is 0. The minimum Gasteiger partial charge on any atom is -0.463 e. The lowest BCUT2D eigenvalue weighted by Crippen LogP contribution is -2.46. The molecule has 0 aromatic carbocycles. The van der Waals surface area contributed by atoms with Crippen LogP contribution in [0.4, 0.5) is 5.82 Å². The van der Waals surface area contributed by atoms with Gasteiger partial charge in [0, 0.05) is 43.9 Å². The van der Waals surface area contributed by atoms with Gasteiger partial charge in [-0.05, 0) is 19.1 Å². The van der Waals surface area contributed by atoms with Crippen LogP contribution in [0.1, 0.15) is 47.6 Å². The number of ether oxygens (including phenoxy) is 1. The van der Waals surface area contributed by atoms with Gasteiger partial charge in [-0.2, -0.15) is 0 Å². The van der Waals surface area contributed by atoms with Crippen LogP contribution in [0.5, 0.6) is 0 Å². The fourth-order valence-electron chi connectivity index (χ4n) is 3.02. The zero-order valence-electron chi connectivity index (χ0n) is 15.9. The Hall–Kier alpha value is -2.41. The first-order valence-corrected chi connectivity index (χ1v) is 8.96. The summed E-state index contributed by atoms with van der Waals surface area (Å²) in [6.45, 7) is 10.6. The molecular formula is C19H26N4O3. The van der Waals surface area contributed by atoms with E-state index in [9.17, 15) is 4.79 Å². The number of rotatable bonds is 5. The second-order valence-electron chi connectivity index (χ2n) is 6.90. The number of aromatic nitrogens is 2. The lowest BCUT2D eigenvalue weighted by Gasteiger charge is -2.35. The molecule has 0 unspecified atom stereocenters. The number of carbonyl (C=O) groups is 1. The molecule has 2 aromatic rings. The van der Waals surface area contributed by atoms with E-state index in [0.29, 0.717) is 12.5 Å². The molecule has 0 N–H and O–H groups in total. The van der Waals surface area contributed by atoms with Gasteiger partial charge in [-0.1, -0.05) is 13.8 Å². The molecule has 2 aromatic heterocycles. The largest absolute Gasteiger partial charge is 0.463 e. The maximum absolute atomic E-state index is 11.5. The lowest BCUT2D eigenvalue weighted by molar-refractivity contribution is 0.0561. The molecule has 0 bridgehead atoms. The van der Waals surface area contributed by atoms with Crippen LogP contribution in [0.25, 0.3) is 0 Å². The Morgan fingerprint density at radius 3 is 2.62 bits per heavy atom. The molecule has 7 nitrogen and oxygen atoms in total. The van der Waals surface area contributed by atoms with E-state index in [1.54, 1.807) is 6.07 Å². The molecule has 26 heavy (non-hydrogen) atoms. The highest BCUT2D eigenvalue weighted by Gasteiger charge is 2.21. The second kappa shape index (κ2) is 7.86. The van der Waals surface area contributed by atoms with Gasteiger partial charge in [-0.25, -0.2) is 14.8 Å². The van der Waals surface area contributed by atoms with Gasteiger partial charge < -0.3 is 14.1 Å². The van der Waals surface area contributed by atoms with Crippen molar-refractivity contribution in [1.29, 1.82) is 0 Å². The monoisotopic (exact) mass is 358 g/mol. The molecule has 7 heteroatoms. The van der Waals surface area contributed by atoms with Gasteiger partial charge in [0.15, 0.2) is 0 Å². The van der Waals surface area contributed by atoms with Crippen molar-refractivity contribution in [1.82, 2.24) is 14.9 Å². The van der Waals surface area contributed by atoms with E-state index < -0.39 is 5.97 Å². The van der Waals surface area contributed by atoms with Crippen LogP contribution in [0, 0.1) is 6.92 Å². The Labute approximate surface area is 154 Å². The van der Waals surface area contributed by atoms with Gasteiger partial charge in [0.05, 0.1) is 13.7 Å².